The number of benzene rings is 1. The Bertz CT molecular complexity index is 931. The summed E-state index contributed by atoms with van der Waals surface area (Å²) in [6, 6.07) is 7.13. The molecule has 134 valence electrons. The molecule has 1 aromatic carbocycles. The minimum absolute atomic E-state index is 0.236. The number of hydrogen-bond acceptors (Lipinski definition) is 5. The van der Waals surface area contributed by atoms with Crippen molar-refractivity contribution in [3.05, 3.63) is 59.9 Å². The molecule has 0 amide bonds. The summed E-state index contributed by atoms with van der Waals surface area (Å²) in [4.78, 5) is 13.8. The Kier molecular flexibility index (Phi) is 4.26. The molecule has 1 atom stereocenters. The first-order valence-electron chi connectivity index (χ1n) is 8.57. The Morgan fingerprint density at radius 2 is 2.19 bits per heavy atom. The summed E-state index contributed by atoms with van der Waals surface area (Å²) < 4.78 is 3.60. The van der Waals surface area contributed by atoms with Crippen LogP contribution in [0.4, 0.5) is 0 Å². The van der Waals surface area contributed by atoms with Crippen molar-refractivity contribution in [3.8, 4) is 5.69 Å². The summed E-state index contributed by atoms with van der Waals surface area (Å²) in [5.41, 5.74) is 1.84. The molecule has 3 aromatic rings. The van der Waals surface area contributed by atoms with Crippen LogP contribution >= 0.6 is 0 Å². The molecular weight excluding hydrogens is 332 g/mol. The monoisotopic (exact) mass is 352 g/mol. The molecule has 0 bridgehead atoms. The van der Waals surface area contributed by atoms with Gasteiger partial charge < -0.3 is 9.67 Å². The van der Waals surface area contributed by atoms with Gasteiger partial charge in [0.15, 0.2) is 0 Å². The molecule has 1 saturated heterocycles. The van der Waals surface area contributed by atoms with E-state index in [1.165, 1.54) is 0 Å². The second-order valence-electron chi connectivity index (χ2n) is 6.54. The molecule has 1 aliphatic heterocycles. The first kappa shape index (κ1) is 16.5. The van der Waals surface area contributed by atoms with E-state index in [0.29, 0.717) is 5.69 Å². The van der Waals surface area contributed by atoms with Gasteiger partial charge in [-0.1, -0.05) is 12.1 Å². The molecule has 2 aromatic heterocycles. The van der Waals surface area contributed by atoms with Crippen LogP contribution in [0.15, 0.2) is 43.0 Å². The Morgan fingerprint density at radius 3 is 2.96 bits per heavy atom. The molecule has 0 saturated carbocycles. The van der Waals surface area contributed by atoms with Gasteiger partial charge in [0, 0.05) is 25.4 Å². The van der Waals surface area contributed by atoms with E-state index in [4.69, 9.17) is 0 Å². The summed E-state index contributed by atoms with van der Waals surface area (Å²) in [5.74, 6) is 0.0191. The maximum atomic E-state index is 11.4. The minimum atomic E-state index is -0.959. The van der Waals surface area contributed by atoms with Crippen LogP contribution in [0.3, 0.4) is 0 Å². The van der Waals surface area contributed by atoms with Crippen LogP contribution in [0.5, 0.6) is 0 Å². The number of aryl methyl sites for hydroxylation is 1. The van der Waals surface area contributed by atoms with Crippen molar-refractivity contribution < 1.29 is 9.90 Å². The Balaban J connectivity index is 1.56. The summed E-state index contributed by atoms with van der Waals surface area (Å²) in [5, 5.41) is 22.0. The number of para-hydroxylation sites is 1. The summed E-state index contributed by atoms with van der Waals surface area (Å²) in [7, 11) is 1.96. The van der Waals surface area contributed by atoms with Gasteiger partial charge >= 0.3 is 5.97 Å². The van der Waals surface area contributed by atoms with Gasteiger partial charge in [0.1, 0.15) is 12.2 Å². The summed E-state index contributed by atoms with van der Waals surface area (Å²) >= 11 is 0. The standard InChI is InChI=1S/C18H20N6O2/c1-22-12-19-21-17(22)16-7-4-8-23(16)10-13-9-20-24(11-13)15-6-3-2-5-14(15)18(25)26/h2-3,5-6,9,11-12,16H,4,7-8,10H2,1H3,(H,25,26)/t16-/m1/s1. The highest BCUT2D eigenvalue weighted by molar-refractivity contribution is 5.91. The minimum Gasteiger partial charge on any atom is -0.478 e. The Labute approximate surface area is 150 Å². The van der Waals surface area contributed by atoms with Crippen molar-refractivity contribution in [2.24, 2.45) is 7.05 Å². The predicted octanol–water partition coefficient (Wildman–Crippen LogP) is 2.04. The third kappa shape index (κ3) is 2.99. The van der Waals surface area contributed by atoms with Crippen LogP contribution in [-0.4, -0.2) is 47.1 Å². The van der Waals surface area contributed by atoms with Crippen LogP contribution in [0, 0.1) is 0 Å². The average Bonchev–Trinajstić information content (AvgIpc) is 3.36. The number of hydrogen-bond donors (Lipinski definition) is 1. The fourth-order valence-electron chi connectivity index (χ4n) is 3.56. The smallest absolute Gasteiger partial charge is 0.337 e. The van der Waals surface area contributed by atoms with Crippen molar-refractivity contribution in [2.45, 2.75) is 25.4 Å². The lowest BCUT2D eigenvalue weighted by atomic mass is 10.2. The lowest BCUT2D eigenvalue weighted by Crippen LogP contribution is -2.24. The van der Waals surface area contributed by atoms with Crippen LogP contribution < -0.4 is 0 Å². The van der Waals surface area contributed by atoms with Gasteiger partial charge in [-0.25, -0.2) is 9.48 Å². The van der Waals surface area contributed by atoms with E-state index < -0.39 is 5.97 Å². The second kappa shape index (κ2) is 6.72. The van der Waals surface area contributed by atoms with Crippen LogP contribution in [0.2, 0.25) is 0 Å². The highest BCUT2D eigenvalue weighted by atomic mass is 16.4. The van der Waals surface area contributed by atoms with Gasteiger partial charge in [0.25, 0.3) is 0 Å². The van der Waals surface area contributed by atoms with E-state index in [2.05, 4.69) is 20.2 Å². The first-order chi connectivity index (χ1) is 12.6. The maximum Gasteiger partial charge on any atom is 0.337 e. The molecule has 8 nitrogen and oxygen atoms in total. The molecule has 1 fully saturated rings. The van der Waals surface area contributed by atoms with Gasteiger partial charge in [-0.05, 0) is 31.5 Å². The molecule has 0 unspecified atom stereocenters. The lowest BCUT2D eigenvalue weighted by molar-refractivity contribution is 0.0696. The maximum absolute atomic E-state index is 11.4. The molecule has 8 heteroatoms. The quantitative estimate of drug-likeness (QED) is 0.756. The zero-order valence-electron chi connectivity index (χ0n) is 14.5. The van der Waals surface area contributed by atoms with Gasteiger partial charge in [-0.3, -0.25) is 4.90 Å². The third-order valence-corrected chi connectivity index (χ3v) is 4.81. The van der Waals surface area contributed by atoms with Crippen LogP contribution in [0.25, 0.3) is 5.69 Å². The van der Waals surface area contributed by atoms with E-state index in [-0.39, 0.29) is 11.6 Å². The highest BCUT2D eigenvalue weighted by Gasteiger charge is 2.29. The average molecular weight is 352 g/mol. The van der Waals surface area contributed by atoms with Gasteiger partial charge in [0.05, 0.1) is 23.5 Å². The van der Waals surface area contributed by atoms with Crippen molar-refractivity contribution in [1.82, 2.24) is 29.4 Å². The highest BCUT2D eigenvalue weighted by Crippen LogP contribution is 2.31. The fourth-order valence-corrected chi connectivity index (χ4v) is 3.56. The summed E-state index contributed by atoms with van der Waals surface area (Å²) in [6.45, 7) is 1.74. The number of nitrogens with zero attached hydrogens (tertiary/aromatic N) is 6. The molecule has 1 aliphatic rings. The lowest BCUT2D eigenvalue weighted by Gasteiger charge is -2.22. The molecule has 1 N–H and O–H groups in total. The fraction of sp³-hybridized carbons (Fsp3) is 0.333. The number of likely N-dealkylation sites (tertiary alicyclic amines) is 1. The van der Waals surface area contributed by atoms with Crippen LogP contribution in [0.1, 0.15) is 40.6 Å². The first-order valence-corrected chi connectivity index (χ1v) is 8.57. The van der Waals surface area contributed by atoms with Crippen molar-refractivity contribution in [3.63, 3.8) is 0 Å². The molecule has 4 rings (SSSR count). The van der Waals surface area contributed by atoms with Crippen molar-refractivity contribution in [1.29, 1.82) is 0 Å². The van der Waals surface area contributed by atoms with E-state index in [9.17, 15) is 9.90 Å². The van der Waals surface area contributed by atoms with Gasteiger partial charge in [-0.2, -0.15) is 5.10 Å². The summed E-state index contributed by atoms with van der Waals surface area (Å²) in [6.07, 6.45) is 7.60. The molecular formula is C18H20N6O2. The molecule has 0 aliphatic carbocycles. The number of rotatable bonds is 5. The largest absolute Gasteiger partial charge is 0.478 e. The number of carbonyl (C=O) groups is 1. The van der Waals surface area contributed by atoms with Crippen molar-refractivity contribution in [2.75, 3.05) is 6.54 Å². The topological polar surface area (TPSA) is 89.1 Å². The Morgan fingerprint density at radius 1 is 1.35 bits per heavy atom. The van der Waals surface area contributed by atoms with Gasteiger partial charge in [0.2, 0.25) is 0 Å². The molecule has 0 spiro atoms. The number of carboxylic acid groups (broad SMARTS) is 1. The van der Waals surface area contributed by atoms with Crippen molar-refractivity contribution >= 4 is 5.97 Å². The zero-order chi connectivity index (χ0) is 18.1. The number of aromatic nitrogens is 5. The SMILES string of the molecule is Cn1cnnc1[C@H]1CCCN1Cc1cnn(-c2ccccc2C(=O)O)c1. The predicted molar refractivity (Wildman–Crippen MR) is 93.9 cm³/mol. The van der Waals surface area contributed by atoms with E-state index >= 15 is 0 Å². The second-order valence-corrected chi connectivity index (χ2v) is 6.54. The molecule has 3 heterocycles. The zero-order valence-corrected chi connectivity index (χ0v) is 14.5. The normalized spacial score (nSPS) is 17.7. The Hall–Kier alpha value is -3.00. The number of carboxylic acids is 1. The van der Waals surface area contributed by atoms with Crippen LogP contribution in [-0.2, 0) is 13.6 Å². The van der Waals surface area contributed by atoms with E-state index in [1.807, 2.05) is 23.9 Å². The molecule has 26 heavy (non-hydrogen) atoms. The van der Waals surface area contributed by atoms with E-state index in [1.54, 1.807) is 35.4 Å². The van der Waals surface area contributed by atoms with Gasteiger partial charge in [-0.15, -0.1) is 10.2 Å². The molecule has 0 radical (unpaired) electrons. The number of aromatic carboxylic acids is 1. The third-order valence-electron chi connectivity index (χ3n) is 4.81. The van der Waals surface area contributed by atoms with E-state index in [0.717, 1.165) is 37.3 Å².